The summed E-state index contributed by atoms with van der Waals surface area (Å²) in [5.41, 5.74) is 3.64. The Hall–Kier alpha value is -1.33. The van der Waals surface area contributed by atoms with E-state index in [0.29, 0.717) is 5.02 Å². The van der Waals surface area contributed by atoms with Gasteiger partial charge in [0.25, 0.3) is 0 Å². The lowest BCUT2D eigenvalue weighted by Gasteiger charge is -2.11. The number of furan rings is 1. The van der Waals surface area contributed by atoms with Crippen LogP contribution in [-0.2, 0) is 6.42 Å². The Kier molecular flexibility index (Phi) is 3.57. The van der Waals surface area contributed by atoms with Gasteiger partial charge in [0.1, 0.15) is 11.3 Å². The summed E-state index contributed by atoms with van der Waals surface area (Å²) < 4.78 is 5.83. The van der Waals surface area contributed by atoms with Gasteiger partial charge in [0.05, 0.1) is 6.04 Å². The molecule has 0 bridgehead atoms. The maximum atomic E-state index is 5.98. The zero-order chi connectivity index (χ0) is 13.2. The Morgan fingerprint density at radius 3 is 2.95 bits per heavy atom. The first kappa shape index (κ1) is 12.7. The van der Waals surface area contributed by atoms with E-state index in [4.69, 9.17) is 21.9 Å². The quantitative estimate of drug-likeness (QED) is 0.566. The van der Waals surface area contributed by atoms with E-state index in [0.717, 1.165) is 23.2 Å². The number of halogens is 1. The Bertz CT molecular complexity index is 678. The molecule has 19 heavy (non-hydrogen) atoms. The van der Waals surface area contributed by atoms with Gasteiger partial charge in [0.15, 0.2) is 0 Å². The third-order valence-electron chi connectivity index (χ3n) is 3.03. The van der Waals surface area contributed by atoms with Crippen LogP contribution in [0.3, 0.4) is 0 Å². The van der Waals surface area contributed by atoms with Crippen molar-refractivity contribution < 1.29 is 4.42 Å². The number of hydrazine groups is 1. The van der Waals surface area contributed by atoms with Crippen LogP contribution >= 0.6 is 22.9 Å². The van der Waals surface area contributed by atoms with Crippen LogP contribution in [0.4, 0.5) is 0 Å². The molecule has 5 heteroatoms. The average molecular weight is 293 g/mol. The van der Waals surface area contributed by atoms with E-state index in [1.54, 1.807) is 11.3 Å². The van der Waals surface area contributed by atoms with Gasteiger partial charge in [-0.2, -0.15) is 0 Å². The SMILES string of the molecule is NNC(Cc1cccs1)c1cc2cc(Cl)ccc2o1. The molecule has 0 amide bonds. The summed E-state index contributed by atoms with van der Waals surface area (Å²) in [5.74, 6) is 6.47. The number of thiophene rings is 1. The van der Waals surface area contributed by atoms with Crippen LogP contribution in [0.1, 0.15) is 16.7 Å². The van der Waals surface area contributed by atoms with Crippen LogP contribution < -0.4 is 11.3 Å². The molecule has 0 saturated heterocycles. The fraction of sp³-hybridized carbons (Fsp3) is 0.143. The zero-order valence-electron chi connectivity index (χ0n) is 10.1. The molecule has 0 aliphatic heterocycles. The largest absolute Gasteiger partial charge is 0.459 e. The summed E-state index contributed by atoms with van der Waals surface area (Å²) >= 11 is 7.69. The number of hydrogen-bond donors (Lipinski definition) is 2. The number of fused-ring (bicyclic) bond motifs is 1. The van der Waals surface area contributed by atoms with Gasteiger partial charge >= 0.3 is 0 Å². The summed E-state index contributed by atoms with van der Waals surface area (Å²) in [6.45, 7) is 0. The molecule has 0 saturated carbocycles. The Labute approximate surface area is 119 Å². The van der Waals surface area contributed by atoms with Crippen LogP contribution in [0.25, 0.3) is 11.0 Å². The summed E-state index contributed by atoms with van der Waals surface area (Å²) in [6, 6.07) is 11.7. The van der Waals surface area contributed by atoms with E-state index < -0.39 is 0 Å². The van der Waals surface area contributed by atoms with Crippen LogP contribution in [0.5, 0.6) is 0 Å². The van der Waals surface area contributed by atoms with Crippen LogP contribution in [0.15, 0.2) is 46.2 Å². The van der Waals surface area contributed by atoms with Crippen LogP contribution in [-0.4, -0.2) is 0 Å². The molecule has 0 aliphatic rings. The third kappa shape index (κ3) is 2.67. The molecule has 1 aromatic carbocycles. The number of nitrogens with two attached hydrogens (primary N) is 1. The van der Waals surface area contributed by atoms with Gasteiger partial charge < -0.3 is 4.42 Å². The van der Waals surface area contributed by atoms with Crippen molar-refractivity contribution in [2.75, 3.05) is 0 Å². The lowest BCUT2D eigenvalue weighted by molar-refractivity contribution is 0.436. The summed E-state index contributed by atoms with van der Waals surface area (Å²) in [4.78, 5) is 1.27. The molecular formula is C14H13ClN2OS. The summed E-state index contributed by atoms with van der Waals surface area (Å²) in [6.07, 6.45) is 0.807. The fourth-order valence-corrected chi connectivity index (χ4v) is 3.01. The molecule has 3 N–H and O–H groups in total. The van der Waals surface area contributed by atoms with E-state index in [-0.39, 0.29) is 6.04 Å². The van der Waals surface area contributed by atoms with Crippen molar-refractivity contribution in [2.24, 2.45) is 5.84 Å². The minimum atomic E-state index is -0.0372. The van der Waals surface area contributed by atoms with E-state index in [1.165, 1.54) is 4.88 Å². The first-order chi connectivity index (χ1) is 9.26. The van der Waals surface area contributed by atoms with E-state index in [1.807, 2.05) is 30.3 Å². The summed E-state index contributed by atoms with van der Waals surface area (Å²) in [7, 11) is 0. The molecule has 1 unspecified atom stereocenters. The zero-order valence-corrected chi connectivity index (χ0v) is 11.7. The van der Waals surface area contributed by atoms with Crippen molar-refractivity contribution in [3.63, 3.8) is 0 Å². The molecule has 3 nitrogen and oxygen atoms in total. The first-order valence-electron chi connectivity index (χ1n) is 5.94. The Balaban J connectivity index is 1.92. The Morgan fingerprint density at radius 1 is 1.32 bits per heavy atom. The van der Waals surface area contributed by atoms with Crippen molar-refractivity contribution in [2.45, 2.75) is 12.5 Å². The predicted octanol–water partition coefficient (Wildman–Crippen LogP) is 3.89. The smallest absolute Gasteiger partial charge is 0.134 e. The standard InChI is InChI=1S/C14H13ClN2OS/c15-10-3-4-13-9(6-10)7-14(18-13)12(17-16)8-11-2-1-5-19-11/h1-7,12,17H,8,16H2. The molecule has 0 spiro atoms. The second kappa shape index (κ2) is 5.35. The van der Waals surface area contributed by atoms with Gasteiger partial charge in [0, 0.05) is 21.7 Å². The van der Waals surface area contributed by atoms with Crippen molar-refractivity contribution in [1.82, 2.24) is 5.43 Å². The Morgan fingerprint density at radius 2 is 2.21 bits per heavy atom. The van der Waals surface area contributed by atoms with E-state index in [9.17, 15) is 0 Å². The van der Waals surface area contributed by atoms with Gasteiger partial charge in [-0.05, 0) is 35.7 Å². The number of rotatable bonds is 4. The maximum Gasteiger partial charge on any atom is 0.134 e. The lowest BCUT2D eigenvalue weighted by atomic mass is 10.1. The average Bonchev–Trinajstić information content (AvgIpc) is 3.03. The topological polar surface area (TPSA) is 51.2 Å². The van der Waals surface area contributed by atoms with Crippen LogP contribution in [0, 0.1) is 0 Å². The van der Waals surface area contributed by atoms with Crippen LogP contribution in [0.2, 0.25) is 5.02 Å². The summed E-state index contributed by atoms with van der Waals surface area (Å²) in [5, 5.41) is 3.76. The van der Waals surface area contributed by atoms with Gasteiger partial charge in [0.2, 0.25) is 0 Å². The van der Waals surface area contributed by atoms with Crippen molar-refractivity contribution >= 4 is 33.9 Å². The minimum Gasteiger partial charge on any atom is -0.459 e. The maximum absolute atomic E-state index is 5.98. The van der Waals surface area contributed by atoms with E-state index in [2.05, 4.69) is 16.9 Å². The molecule has 98 valence electrons. The first-order valence-corrected chi connectivity index (χ1v) is 7.19. The van der Waals surface area contributed by atoms with Gasteiger partial charge in [-0.15, -0.1) is 11.3 Å². The highest BCUT2D eigenvalue weighted by Crippen LogP contribution is 2.28. The van der Waals surface area contributed by atoms with E-state index >= 15 is 0 Å². The molecule has 1 atom stereocenters. The second-order valence-corrected chi connectivity index (χ2v) is 5.80. The molecular weight excluding hydrogens is 280 g/mol. The highest BCUT2D eigenvalue weighted by atomic mass is 35.5. The van der Waals surface area contributed by atoms with Crippen molar-refractivity contribution in [3.05, 3.63) is 57.4 Å². The monoisotopic (exact) mass is 292 g/mol. The molecule has 0 fully saturated rings. The third-order valence-corrected chi connectivity index (χ3v) is 4.16. The highest BCUT2D eigenvalue weighted by molar-refractivity contribution is 7.09. The predicted molar refractivity (Wildman–Crippen MR) is 79.3 cm³/mol. The minimum absolute atomic E-state index is 0.0372. The van der Waals surface area contributed by atoms with Gasteiger partial charge in [-0.3, -0.25) is 5.84 Å². The molecule has 3 aromatic rings. The molecule has 3 rings (SSSR count). The molecule has 2 aromatic heterocycles. The second-order valence-electron chi connectivity index (χ2n) is 4.33. The molecule has 0 aliphatic carbocycles. The number of hydrogen-bond acceptors (Lipinski definition) is 4. The van der Waals surface area contributed by atoms with Crippen molar-refractivity contribution in [3.8, 4) is 0 Å². The van der Waals surface area contributed by atoms with Crippen molar-refractivity contribution in [1.29, 1.82) is 0 Å². The normalized spacial score (nSPS) is 12.9. The molecule has 0 radical (unpaired) electrons. The number of nitrogens with one attached hydrogen (secondary N) is 1. The van der Waals surface area contributed by atoms with Gasteiger partial charge in [-0.1, -0.05) is 17.7 Å². The van der Waals surface area contributed by atoms with Gasteiger partial charge in [-0.25, -0.2) is 5.43 Å². The highest BCUT2D eigenvalue weighted by Gasteiger charge is 2.16. The number of benzene rings is 1. The fourth-order valence-electron chi connectivity index (χ4n) is 2.08. The molecule has 2 heterocycles. The lowest BCUT2D eigenvalue weighted by Crippen LogP contribution is -2.29.